The Bertz CT molecular complexity index is 1150. The lowest BCUT2D eigenvalue weighted by molar-refractivity contribution is -0.133. The minimum absolute atomic E-state index is 0.122. The Morgan fingerprint density at radius 1 is 0.974 bits per heavy atom. The lowest BCUT2D eigenvalue weighted by atomic mass is 9.74. The Balaban J connectivity index is 1.07. The van der Waals surface area contributed by atoms with Gasteiger partial charge in [0.05, 0.1) is 13.2 Å². The van der Waals surface area contributed by atoms with Crippen LogP contribution in [-0.4, -0.2) is 79.1 Å². The summed E-state index contributed by atoms with van der Waals surface area (Å²) < 4.78 is 5.65. The molecule has 1 aliphatic carbocycles. The Morgan fingerprint density at radius 2 is 1.74 bits per heavy atom. The van der Waals surface area contributed by atoms with Gasteiger partial charge in [-0.2, -0.15) is 0 Å². The maximum absolute atomic E-state index is 13.4. The first kappa shape index (κ1) is 26.1. The van der Waals surface area contributed by atoms with E-state index < -0.39 is 0 Å². The van der Waals surface area contributed by atoms with E-state index in [9.17, 15) is 4.79 Å². The van der Waals surface area contributed by atoms with E-state index in [-0.39, 0.29) is 5.41 Å². The summed E-state index contributed by atoms with van der Waals surface area (Å²) in [5.74, 6) is 0.813. The van der Waals surface area contributed by atoms with Gasteiger partial charge in [0.15, 0.2) is 0 Å². The first-order valence-electron chi connectivity index (χ1n) is 14.5. The van der Waals surface area contributed by atoms with Gasteiger partial charge in [-0.3, -0.25) is 14.6 Å². The van der Waals surface area contributed by atoms with Crippen LogP contribution in [0.3, 0.4) is 0 Å². The molecule has 4 aliphatic rings. The monoisotopic (exact) mass is 533 g/mol. The van der Waals surface area contributed by atoms with Crippen molar-refractivity contribution in [1.29, 1.82) is 0 Å². The van der Waals surface area contributed by atoms with Crippen molar-refractivity contribution in [3.63, 3.8) is 0 Å². The highest BCUT2D eigenvalue weighted by Crippen LogP contribution is 2.43. The number of piperidine rings is 2. The van der Waals surface area contributed by atoms with E-state index in [1.54, 1.807) is 0 Å². The normalized spacial score (nSPS) is 25.6. The Morgan fingerprint density at radius 3 is 2.55 bits per heavy atom. The molecule has 0 bridgehead atoms. The fraction of sp³-hybridized carbons (Fsp3) is 0.531. The van der Waals surface area contributed by atoms with Gasteiger partial charge < -0.3 is 9.64 Å². The maximum Gasteiger partial charge on any atom is 0.222 e. The van der Waals surface area contributed by atoms with Gasteiger partial charge in [-0.15, -0.1) is 0 Å². The number of nitrogens with zero attached hydrogens (tertiary/aromatic N) is 3. The summed E-state index contributed by atoms with van der Waals surface area (Å²) >= 11 is 6.49. The fourth-order valence-corrected chi connectivity index (χ4v) is 7.47. The number of benzene rings is 2. The molecule has 3 heterocycles. The Labute approximate surface area is 232 Å². The predicted octanol–water partition coefficient (Wildman–Crippen LogP) is 5.23. The summed E-state index contributed by atoms with van der Waals surface area (Å²) in [7, 11) is 0. The highest BCUT2D eigenvalue weighted by atomic mass is 35.5. The zero-order chi connectivity index (χ0) is 26.0. The highest BCUT2D eigenvalue weighted by molar-refractivity contribution is 6.31. The molecule has 202 valence electrons. The minimum atomic E-state index is 0.122. The summed E-state index contributed by atoms with van der Waals surface area (Å²) in [5, 5.41) is 0.845. The molecule has 3 fully saturated rings. The molecule has 0 radical (unpaired) electrons. The van der Waals surface area contributed by atoms with Crippen molar-refractivity contribution in [2.24, 2.45) is 5.92 Å². The van der Waals surface area contributed by atoms with Crippen molar-refractivity contribution < 1.29 is 9.53 Å². The average molecular weight is 534 g/mol. The van der Waals surface area contributed by atoms with Gasteiger partial charge in [-0.1, -0.05) is 66.2 Å². The molecule has 0 aromatic heterocycles. The molecule has 0 N–H and O–H groups in total. The van der Waals surface area contributed by atoms with Crippen LogP contribution in [0.15, 0.2) is 54.6 Å². The zero-order valence-corrected chi connectivity index (χ0v) is 23.1. The van der Waals surface area contributed by atoms with Gasteiger partial charge in [0, 0.05) is 62.2 Å². The molecule has 3 aliphatic heterocycles. The second-order valence-electron chi connectivity index (χ2n) is 11.6. The second kappa shape index (κ2) is 11.5. The van der Waals surface area contributed by atoms with Crippen LogP contribution in [0.25, 0.3) is 6.08 Å². The third-order valence-electron chi connectivity index (χ3n) is 9.46. The fourth-order valence-electron chi connectivity index (χ4n) is 7.27. The number of amides is 1. The third kappa shape index (κ3) is 5.44. The highest BCUT2D eigenvalue weighted by Gasteiger charge is 2.39. The van der Waals surface area contributed by atoms with E-state index in [2.05, 4.69) is 63.2 Å². The molecule has 0 unspecified atom stereocenters. The molecule has 1 spiro atoms. The first-order valence-corrected chi connectivity index (χ1v) is 14.8. The van der Waals surface area contributed by atoms with Crippen LogP contribution in [-0.2, 0) is 21.5 Å². The molecule has 2 aromatic rings. The van der Waals surface area contributed by atoms with Crippen molar-refractivity contribution in [2.75, 3.05) is 52.5 Å². The Hall–Kier alpha value is -2.18. The van der Waals surface area contributed by atoms with Gasteiger partial charge in [-0.05, 0) is 60.9 Å². The van der Waals surface area contributed by atoms with Gasteiger partial charge in [0.25, 0.3) is 0 Å². The van der Waals surface area contributed by atoms with Crippen LogP contribution in [0, 0.1) is 5.92 Å². The molecule has 5 nitrogen and oxygen atoms in total. The molecule has 38 heavy (non-hydrogen) atoms. The first-order chi connectivity index (χ1) is 18.6. The lowest BCUT2D eigenvalue weighted by Crippen LogP contribution is -2.54. The van der Waals surface area contributed by atoms with Gasteiger partial charge in [0.1, 0.15) is 0 Å². The number of fused-ring (bicyclic) bond motifs is 2. The number of allylic oxidation sites excluding steroid dienone is 1. The van der Waals surface area contributed by atoms with Gasteiger partial charge in [-0.25, -0.2) is 0 Å². The van der Waals surface area contributed by atoms with E-state index >= 15 is 0 Å². The topological polar surface area (TPSA) is 36.0 Å². The smallest absolute Gasteiger partial charge is 0.222 e. The maximum atomic E-state index is 13.4. The van der Waals surface area contributed by atoms with E-state index in [0.29, 0.717) is 24.3 Å². The zero-order valence-electron chi connectivity index (χ0n) is 22.4. The van der Waals surface area contributed by atoms with E-state index in [4.69, 9.17) is 16.3 Å². The number of carbonyl (C=O) groups excluding carboxylic acids is 1. The van der Waals surface area contributed by atoms with Crippen LogP contribution >= 0.6 is 11.6 Å². The van der Waals surface area contributed by atoms with Crippen molar-refractivity contribution in [3.05, 3.63) is 76.3 Å². The van der Waals surface area contributed by atoms with Crippen molar-refractivity contribution in [3.8, 4) is 0 Å². The van der Waals surface area contributed by atoms with Crippen LogP contribution in [0.2, 0.25) is 5.02 Å². The largest absolute Gasteiger partial charge is 0.379 e. The van der Waals surface area contributed by atoms with Crippen LogP contribution < -0.4 is 0 Å². The summed E-state index contributed by atoms with van der Waals surface area (Å²) in [5.41, 5.74) is 4.11. The Kier molecular flexibility index (Phi) is 7.90. The standard InChI is InChI=1S/C32H40ClN3O2/c33-29-8-4-2-6-26(29)23-34-16-12-30(35-19-21-38-22-20-35)27(24-34)9-10-31(37)36-17-14-32(15-18-36)13-11-25-5-1-3-7-28(25)32/h1-8,11,13,27,30H,9-10,12,14-24H2/t27-,30+/m0/s1. The van der Waals surface area contributed by atoms with Crippen LogP contribution in [0.1, 0.15) is 48.8 Å². The number of halogens is 1. The molecule has 0 saturated carbocycles. The van der Waals surface area contributed by atoms with Crippen LogP contribution in [0.4, 0.5) is 0 Å². The second-order valence-corrected chi connectivity index (χ2v) is 12.0. The van der Waals surface area contributed by atoms with Crippen LogP contribution in [0.5, 0.6) is 0 Å². The summed E-state index contributed by atoms with van der Waals surface area (Å²) in [4.78, 5) is 20.7. The molecular formula is C32H40ClN3O2. The molecule has 6 rings (SSSR count). The number of hydrogen-bond donors (Lipinski definition) is 0. The number of ether oxygens (including phenoxy) is 1. The summed E-state index contributed by atoms with van der Waals surface area (Å²) in [6.45, 7) is 8.32. The predicted molar refractivity (Wildman–Crippen MR) is 153 cm³/mol. The molecule has 3 saturated heterocycles. The molecule has 2 atom stereocenters. The lowest BCUT2D eigenvalue weighted by Gasteiger charge is -2.45. The molecule has 6 heteroatoms. The SMILES string of the molecule is O=C(CC[C@H]1CN(Cc2ccccc2Cl)CC[C@H]1N1CCOCC1)N1CCC2(C=Cc3ccccc32)CC1. The van der Waals surface area contributed by atoms with Crippen molar-refractivity contribution in [1.82, 2.24) is 14.7 Å². The number of hydrogen-bond acceptors (Lipinski definition) is 4. The van der Waals surface area contributed by atoms with Crippen molar-refractivity contribution in [2.45, 2.75) is 50.1 Å². The summed E-state index contributed by atoms with van der Waals surface area (Å²) in [6.07, 6.45) is 9.45. The summed E-state index contributed by atoms with van der Waals surface area (Å²) in [6, 6.07) is 17.5. The average Bonchev–Trinajstić information content (AvgIpc) is 3.32. The number of carbonyl (C=O) groups is 1. The molecule has 1 amide bonds. The van der Waals surface area contributed by atoms with E-state index in [1.807, 2.05) is 12.1 Å². The molecular weight excluding hydrogens is 494 g/mol. The minimum Gasteiger partial charge on any atom is -0.379 e. The number of likely N-dealkylation sites (tertiary alicyclic amines) is 2. The number of morpholine rings is 1. The third-order valence-corrected chi connectivity index (χ3v) is 9.83. The quantitative estimate of drug-likeness (QED) is 0.509. The number of rotatable bonds is 6. The molecule has 2 aromatic carbocycles. The van der Waals surface area contributed by atoms with Gasteiger partial charge in [0.2, 0.25) is 5.91 Å². The van der Waals surface area contributed by atoms with Gasteiger partial charge >= 0.3 is 0 Å². The van der Waals surface area contributed by atoms with E-state index in [0.717, 1.165) is 89.7 Å². The van der Waals surface area contributed by atoms with E-state index in [1.165, 1.54) is 16.7 Å². The van der Waals surface area contributed by atoms with Crippen molar-refractivity contribution >= 4 is 23.6 Å².